The van der Waals surface area contributed by atoms with Gasteiger partial charge in [-0.2, -0.15) is 0 Å². The van der Waals surface area contributed by atoms with Crippen LogP contribution in [0.25, 0.3) is 0 Å². The van der Waals surface area contributed by atoms with Crippen molar-refractivity contribution in [3.05, 3.63) is 0 Å². The van der Waals surface area contributed by atoms with Crippen molar-refractivity contribution in [2.45, 2.75) is 19.8 Å². The molecule has 0 aromatic carbocycles. The summed E-state index contributed by atoms with van der Waals surface area (Å²) < 4.78 is 12.1. The number of fused-ring (bicyclic) bond motifs is 1. The van der Waals surface area contributed by atoms with Crippen LogP contribution < -0.4 is 0 Å². The molecule has 2 unspecified atom stereocenters. The van der Waals surface area contributed by atoms with Gasteiger partial charge < -0.3 is 9.69 Å². The van der Waals surface area contributed by atoms with Gasteiger partial charge >= 0.3 is 0 Å². The molecular weight excluding hydrogens is 181 g/mol. The number of halogens is 1. The summed E-state index contributed by atoms with van der Waals surface area (Å²) in [5.41, 5.74) is 0. The van der Waals surface area contributed by atoms with Gasteiger partial charge in [-0.05, 0) is 31.1 Å². The van der Waals surface area contributed by atoms with E-state index in [9.17, 15) is 9.18 Å². The topological polar surface area (TPSA) is 20.3 Å². The Morgan fingerprint density at radius 2 is 2.07 bits per heavy atom. The molecule has 0 aromatic heterocycles. The molecule has 2 fully saturated rings. The Labute approximate surface area is 84.5 Å². The van der Waals surface area contributed by atoms with E-state index in [0.29, 0.717) is 12.3 Å². The van der Waals surface area contributed by atoms with Crippen LogP contribution >= 0.6 is 0 Å². The van der Waals surface area contributed by atoms with Gasteiger partial charge in [0.25, 0.3) is 0 Å². The van der Waals surface area contributed by atoms with Gasteiger partial charge in [-0.25, -0.2) is 4.39 Å². The molecule has 0 radical (unpaired) electrons. The maximum atomic E-state index is 12.1. The summed E-state index contributed by atoms with van der Waals surface area (Å²) in [6, 6.07) is 0. The second-order valence-electron chi connectivity index (χ2n) is 4.68. The monoisotopic (exact) mass is 199 g/mol. The van der Waals surface area contributed by atoms with Gasteiger partial charge in [-0.15, -0.1) is 0 Å². The van der Waals surface area contributed by atoms with Crippen molar-refractivity contribution in [2.24, 2.45) is 17.8 Å². The maximum absolute atomic E-state index is 12.1. The smallest absolute Gasteiger partial charge is 0.129 e. The molecule has 0 amide bonds. The number of piperidine rings is 1. The largest absolute Gasteiger partial charge is 0.300 e. The minimum atomic E-state index is -0.225. The second kappa shape index (κ2) is 3.97. The molecule has 80 valence electrons. The molecule has 0 bridgehead atoms. The highest BCUT2D eigenvalue weighted by atomic mass is 19.1. The number of carbonyl (C=O) groups excluding carboxylic acids is 1. The lowest BCUT2D eigenvalue weighted by Gasteiger charge is -2.16. The van der Waals surface area contributed by atoms with Crippen LogP contribution in [0.15, 0.2) is 0 Å². The standard InChI is InChI=1S/C11H18FNO/c1-8(14)2-3-9-10-6-13(5-4-12)7-11(9)10/h9-11H,2-7H2,1H3/t9?,10-,11?/m1/s1. The van der Waals surface area contributed by atoms with E-state index in [4.69, 9.17) is 0 Å². The molecule has 2 nitrogen and oxygen atoms in total. The molecule has 1 aliphatic carbocycles. The lowest BCUT2D eigenvalue weighted by Crippen LogP contribution is -2.26. The van der Waals surface area contributed by atoms with Gasteiger partial charge in [0.1, 0.15) is 12.5 Å². The summed E-state index contributed by atoms with van der Waals surface area (Å²) in [6.07, 6.45) is 1.80. The predicted octanol–water partition coefficient (Wildman–Crippen LogP) is 1.50. The Morgan fingerprint density at radius 3 is 2.57 bits per heavy atom. The quantitative estimate of drug-likeness (QED) is 0.669. The summed E-state index contributed by atoms with van der Waals surface area (Å²) in [7, 11) is 0. The fourth-order valence-corrected chi connectivity index (χ4v) is 2.84. The van der Waals surface area contributed by atoms with E-state index >= 15 is 0 Å². The highest BCUT2D eigenvalue weighted by molar-refractivity contribution is 5.75. The lowest BCUT2D eigenvalue weighted by molar-refractivity contribution is -0.117. The van der Waals surface area contributed by atoms with Crippen LogP contribution in [0.5, 0.6) is 0 Å². The van der Waals surface area contributed by atoms with Crippen molar-refractivity contribution in [3.8, 4) is 0 Å². The third-order valence-corrected chi connectivity index (χ3v) is 3.68. The molecule has 14 heavy (non-hydrogen) atoms. The summed E-state index contributed by atoms with van der Waals surface area (Å²) in [5, 5.41) is 0. The van der Waals surface area contributed by atoms with Gasteiger partial charge in [-0.1, -0.05) is 0 Å². The van der Waals surface area contributed by atoms with E-state index in [1.165, 1.54) is 0 Å². The first-order chi connectivity index (χ1) is 6.72. The number of alkyl halides is 1. The van der Waals surface area contributed by atoms with Crippen molar-refractivity contribution in [1.29, 1.82) is 0 Å². The first-order valence-corrected chi connectivity index (χ1v) is 5.50. The molecular formula is C11H18FNO. The second-order valence-corrected chi connectivity index (χ2v) is 4.68. The third kappa shape index (κ3) is 1.97. The highest BCUT2D eigenvalue weighted by Gasteiger charge is 2.54. The van der Waals surface area contributed by atoms with Crippen molar-refractivity contribution >= 4 is 5.78 Å². The minimum absolute atomic E-state index is 0.225. The average molecular weight is 199 g/mol. The van der Waals surface area contributed by atoms with Gasteiger partial charge in [0, 0.05) is 26.1 Å². The number of nitrogens with zero attached hydrogens (tertiary/aromatic N) is 1. The molecule has 3 atom stereocenters. The lowest BCUT2D eigenvalue weighted by atomic mass is 10.1. The fourth-order valence-electron chi connectivity index (χ4n) is 2.84. The minimum Gasteiger partial charge on any atom is -0.300 e. The zero-order valence-corrected chi connectivity index (χ0v) is 8.71. The van der Waals surface area contributed by atoms with Crippen LogP contribution in [-0.2, 0) is 4.79 Å². The molecule has 0 aromatic rings. The normalized spacial score (nSPS) is 35.7. The molecule has 1 heterocycles. The van der Waals surface area contributed by atoms with Crippen molar-refractivity contribution in [2.75, 3.05) is 26.3 Å². The van der Waals surface area contributed by atoms with Crippen LogP contribution in [0, 0.1) is 17.8 Å². The van der Waals surface area contributed by atoms with Crippen LogP contribution in [-0.4, -0.2) is 37.0 Å². The van der Waals surface area contributed by atoms with E-state index in [2.05, 4.69) is 4.90 Å². The summed E-state index contributed by atoms with van der Waals surface area (Å²) in [4.78, 5) is 13.0. The number of Topliss-reactive ketones (excluding diaryl/α,β-unsaturated/α-hetero) is 1. The number of rotatable bonds is 5. The summed E-state index contributed by atoms with van der Waals surface area (Å²) in [6.45, 7) is 4.17. The zero-order chi connectivity index (χ0) is 10.1. The van der Waals surface area contributed by atoms with Crippen LogP contribution in [0.3, 0.4) is 0 Å². The molecule has 2 rings (SSSR count). The van der Waals surface area contributed by atoms with Gasteiger partial charge in [0.05, 0.1) is 0 Å². The number of ketones is 1. The molecule has 3 heteroatoms. The van der Waals surface area contributed by atoms with E-state index in [1.54, 1.807) is 6.92 Å². The van der Waals surface area contributed by atoms with Crippen molar-refractivity contribution < 1.29 is 9.18 Å². The van der Waals surface area contributed by atoms with Crippen LogP contribution in [0.1, 0.15) is 19.8 Å². The Balaban J connectivity index is 1.67. The molecule has 1 saturated heterocycles. The molecule has 0 spiro atoms. The molecule has 0 N–H and O–H groups in total. The number of hydrogen-bond donors (Lipinski definition) is 0. The predicted molar refractivity (Wildman–Crippen MR) is 52.8 cm³/mol. The van der Waals surface area contributed by atoms with Crippen LogP contribution in [0.4, 0.5) is 4.39 Å². The third-order valence-electron chi connectivity index (χ3n) is 3.68. The first kappa shape index (κ1) is 10.1. The summed E-state index contributed by atoms with van der Waals surface area (Å²) >= 11 is 0. The fraction of sp³-hybridized carbons (Fsp3) is 0.909. The van der Waals surface area contributed by atoms with E-state index < -0.39 is 0 Å². The first-order valence-electron chi connectivity index (χ1n) is 5.50. The number of hydrogen-bond acceptors (Lipinski definition) is 2. The average Bonchev–Trinajstić information content (AvgIpc) is 2.56. The number of likely N-dealkylation sites (tertiary alicyclic amines) is 1. The Morgan fingerprint density at radius 1 is 1.43 bits per heavy atom. The number of carbonyl (C=O) groups is 1. The maximum Gasteiger partial charge on any atom is 0.129 e. The van der Waals surface area contributed by atoms with E-state index in [-0.39, 0.29) is 6.67 Å². The van der Waals surface area contributed by atoms with Gasteiger partial charge in [-0.3, -0.25) is 0 Å². The Kier molecular flexibility index (Phi) is 2.86. The highest BCUT2D eigenvalue weighted by Crippen LogP contribution is 2.53. The SMILES string of the molecule is CC(=O)CCC1C2CN(CCF)C[C@H]12. The Hall–Kier alpha value is -0.440. The van der Waals surface area contributed by atoms with Crippen LogP contribution in [0.2, 0.25) is 0 Å². The van der Waals surface area contributed by atoms with Crippen molar-refractivity contribution in [3.63, 3.8) is 0 Å². The van der Waals surface area contributed by atoms with Crippen molar-refractivity contribution in [1.82, 2.24) is 4.90 Å². The van der Waals surface area contributed by atoms with Gasteiger partial charge in [0.2, 0.25) is 0 Å². The van der Waals surface area contributed by atoms with E-state index in [1.807, 2.05) is 0 Å². The zero-order valence-electron chi connectivity index (χ0n) is 8.71. The Bertz CT molecular complexity index is 219. The molecule has 1 aliphatic heterocycles. The summed E-state index contributed by atoms with van der Waals surface area (Å²) in [5.74, 6) is 2.63. The van der Waals surface area contributed by atoms with E-state index in [0.717, 1.165) is 43.7 Å². The molecule has 2 aliphatic rings. The van der Waals surface area contributed by atoms with Gasteiger partial charge in [0.15, 0.2) is 0 Å². The molecule has 1 saturated carbocycles.